The zero-order valence-corrected chi connectivity index (χ0v) is 18.5. The molecule has 0 spiro atoms. The van der Waals surface area contributed by atoms with Crippen LogP contribution in [0.2, 0.25) is 0 Å². The van der Waals surface area contributed by atoms with Gasteiger partial charge in [-0.1, -0.05) is 6.07 Å². The summed E-state index contributed by atoms with van der Waals surface area (Å²) in [6.07, 6.45) is 8.67. The number of hydrogen-bond acceptors (Lipinski definition) is 6. The van der Waals surface area contributed by atoms with E-state index in [0.29, 0.717) is 6.54 Å². The third-order valence-corrected chi connectivity index (χ3v) is 7.94. The highest BCUT2D eigenvalue weighted by atomic mass is 32.2. The molecule has 1 aromatic heterocycles. The molecule has 2 atom stereocenters. The summed E-state index contributed by atoms with van der Waals surface area (Å²) in [6, 6.07) is 1.50. The number of hydrogen-bond donors (Lipinski definition) is 2. The standard InChI is InChI=1S/C21H24N6O4S/c1-30-15-10-27-20(31-11-15)18(9-23-27)32(29,24-12-22)26-21(28)25-19-16-6-2-4-13(16)8-14-5-3-7-17(14)19/h8-9,15H,2-7,10-11H2,1H3,(H2,24,25,26,28,29)/t15-,32-/m0/s1. The number of amides is 2. The Kier molecular flexibility index (Phi) is 5.27. The number of aryl methyl sites for hydroxylation is 2. The molecule has 2 heterocycles. The van der Waals surface area contributed by atoms with Crippen LogP contribution in [0.4, 0.5) is 10.5 Å². The Balaban J connectivity index is 1.50. The maximum atomic E-state index is 13.6. The van der Waals surface area contributed by atoms with Crippen LogP contribution in [0, 0.1) is 11.5 Å². The van der Waals surface area contributed by atoms with E-state index in [4.69, 9.17) is 9.47 Å². The van der Waals surface area contributed by atoms with Gasteiger partial charge >= 0.3 is 6.03 Å². The number of methoxy groups -OCH3 is 1. The SMILES string of the molecule is CO[C@@H]1COc2c([S@@](=O)(=NC(=O)Nc3c4c(cc5c3CCC5)CCC4)NC#N)cnn2C1. The van der Waals surface area contributed by atoms with Crippen molar-refractivity contribution in [3.05, 3.63) is 34.5 Å². The molecule has 2 N–H and O–H groups in total. The lowest BCUT2D eigenvalue weighted by atomic mass is 9.99. The third kappa shape index (κ3) is 3.49. The van der Waals surface area contributed by atoms with Crippen LogP contribution >= 0.6 is 0 Å². The van der Waals surface area contributed by atoms with Gasteiger partial charge in [-0.05, 0) is 60.8 Å². The number of fused-ring (bicyclic) bond motifs is 3. The molecule has 11 heteroatoms. The van der Waals surface area contributed by atoms with Crippen molar-refractivity contribution in [1.29, 1.82) is 5.26 Å². The first-order valence-corrected chi connectivity index (χ1v) is 12.2. The summed E-state index contributed by atoms with van der Waals surface area (Å²) in [5.41, 5.74) is 5.63. The fraction of sp³-hybridized carbons (Fsp3) is 0.476. The molecule has 2 aromatic rings. The molecule has 3 aliphatic rings. The van der Waals surface area contributed by atoms with Crippen molar-refractivity contribution >= 4 is 21.6 Å². The number of carbonyl (C=O) groups is 1. The number of benzene rings is 1. The van der Waals surface area contributed by atoms with Gasteiger partial charge in [0, 0.05) is 12.8 Å². The van der Waals surface area contributed by atoms with Gasteiger partial charge < -0.3 is 14.8 Å². The second-order valence-corrected chi connectivity index (χ2v) is 10.0. The van der Waals surface area contributed by atoms with E-state index in [2.05, 4.69) is 25.6 Å². The molecule has 1 aliphatic heterocycles. The predicted octanol–water partition coefficient (Wildman–Crippen LogP) is 2.31. The molecule has 0 fully saturated rings. The smallest absolute Gasteiger partial charge is 0.355 e. The summed E-state index contributed by atoms with van der Waals surface area (Å²) in [7, 11) is -2.06. The lowest BCUT2D eigenvalue weighted by Crippen LogP contribution is -2.32. The van der Waals surface area contributed by atoms with Gasteiger partial charge in [0.1, 0.15) is 12.7 Å². The monoisotopic (exact) mass is 456 g/mol. The summed E-state index contributed by atoms with van der Waals surface area (Å²) < 4.78 is 32.2. The van der Waals surface area contributed by atoms with E-state index in [0.717, 1.165) is 55.3 Å². The zero-order chi connectivity index (χ0) is 22.3. The summed E-state index contributed by atoms with van der Waals surface area (Å²) in [6.45, 7) is 0.647. The van der Waals surface area contributed by atoms with Gasteiger partial charge in [0.05, 0.1) is 12.7 Å². The molecule has 0 unspecified atom stereocenters. The molecular weight excluding hydrogens is 432 g/mol. The quantitative estimate of drug-likeness (QED) is 0.536. The van der Waals surface area contributed by atoms with Gasteiger partial charge in [-0.3, -0.25) is 0 Å². The van der Waals surface area contributed by atoms with Crippen molar-refractivity contribution in [2.24, 2.45) is 4.36 Å². The molecule has 32 heavy (non-hydrogen) atoms. The number of nitrogens with zero attached hydrogens (tertiary/aromatic N) is 4. The van der Waals surface area contributed by atoms with Gasteiger partial charge in [0.25, 0.3) is 0 Å². The minimum Gasteiger partial charge on any atom is -0.474 e. The molecule has 1 aromatic carbocycles. The highest BCUT2D eigenvalue weighted by Gasteiger charge is 2.30. The van der Waals surface area contributed by atoms with Crippen molar-refractivity contribution in [2.75, 3.05) is 19.0 Å². The molecule has 2 amide bonds. The molecule has 10 nitrogen and oxygen atoms in total. The van der Waals surface area contributed by atoms with Gasteiger partial charge in [-0.15, -0.1) is 4.36 Å². The van der Waals surface area contributed by atoms with Gasteiger partial charge in [-0.2, -0.15) is 10.4 Å². The van der Waals surface area contributed by atoms with E-state index >= 15 is 0 Å². The molecular formula is C21H24N6O4S. The average Bonchev–Trinajstić information content (AvgIpc) is 3.52. The Labute approximate surface area is 186 Å². The number of aromatic nitrogens is 2. The second kappa shape index (κ2) is 8.11. The molecule has 0 saturated carbocycles. The van der Waals surface area contributed by atoms with Crippen molar-refractivity contribution in [2.45, 2.75) is 56.1 Å². The Morgan fingerprint density at radius 1 is 1.31 bits per heavy atom. The van der Waals surface area contributed by atoms with E-state index in [1.54, 1.807) is 13.3 Å². The van der Waals surface area contributed by atoms with Crippen LogP contribution in [-0.2, 0) is 46.9 Å². The largest absolute Gasteiger partial charge is 0.474 e. The first-order chi connectivity index (χ1) is 15.5. The second-order valence-electron chi connectivity index (χ2n) is 8.16. The van der Waals surface area contributed by atoms with Gasteiger partial charge in [0.2, 0.25) is 5.88 Å². The van der Waals surface area contributed by atoms with Crippen molar-refractivity contribution in [3.63, 3.8) is 0 Å². The van der Waals surface area contributed by atoms with Crippen LogP contribution in [-0.4, -0.2) is 39.8 Å². The minimum absolute atomic E-state index is 0.0623. The maximum absolute atomic E-state index is 13.6. The average molecular weight is 457 g/mol. The summed E-state index contributed by atoms with van der Waals surface area (Å²) in [4.78, 5) is 13.0. The van der Waals surface area contributed by atoms with Crippen LogP contribution < -0.4 is 14.8 Å². The van der Waals surface area contributed by atoms with Gasteiger partial charge in [0.15, 0.2) is 21.0 Å². The number of anilines is 1. The van der Waals surface area contributed by atoms with Crippen molar-refractivity contribution < 1.29 is 18.5 Å². The Morgan fingerprint density at radius 2 is 2.03 bits per heavy atom. The number of nitriles is 1. The lowest BCUT2D eigenvalue weighted by molar-refractivity contribution is 0.0165. The Hall–Kier alpha value is -3.10. The van der Waals surface area contributed by atoms with Crippen LogP contribution in [0.25, 0.3) is 0 Å². The first-order valence-electron chi connectivity index (χ1n) is 10.6. The lowest BCUT2D eigenvalue weighted by Gasteiger charge is -2.23. The zero-order valence-electron chi connectivity index (χ0n) is 17.7. The summed E-state index contributed by atoms with van der Waals surface area (Å²) >= 11 is 0. The van der Waals surface area contributed by atoms with Crippen molar-refractivity contribution in [3.8, 4) is 12.1 Å². The van der Waals surface area contributed by atoms with Crippen LogP contribution in [0.5, 0.6) is 5.88 Å². The first kappa shape index (κ1) is 20.8. The van der Waals surface area contributed by atoms with E-state index < -0.39 is 15.9 Å². The number of nitrogens with one attached hydrogen (secondary N) is 2. The van der Waals surface area contributed by atoms with Crippen LogP contribution in [0.1, 0.15) is 35.1 Å². The molecule has 0 saturated heterocycles. The van der Waals surface area contributed by atoms with Gasteiger partial charge in [-0.25, -0.2) is 18.4 Å². The molecule has 0 radical (unpaired) electrons. The minimum atomic E-state index is -3.63. The molecule has 2 aliphatic carbocycles. The fourth-order valence-corrected chi connectivity index (χ4v) is 6.03. The highest BCUT2D eigenvalue weighted by Crippen LogP contribution is 2.39. The van der Waals surface area contributed by atoms with E-state index in [1.807, 2.05) is 0 Å². The molecule has 0 bridgehead atoms. The highest BCUT2D eigenvalue weighted by molar-refractivity contribution is 7.92. The van der Waals surface area contributed by atoms with E-state index in [-0.39, 0.29) is 23.5 Å². The summed E-state index contributed by atoms with van der Waals surface area (Å²) in [5, 5.41) is 16.3. The van der Waals surface area contributed by atoms with E-state index in [1.165, 1.54) is 22.0 Å². The van der Waals surface area contributed by atoms with E-state index in [9.17, 15) is 14.3 Å². The normalized spacial score (nSPS) is 20.2. The number of carbonyl (C=O) groups excluding carboxylic acids is 1. The number of urea groups is 1. The number of rotatable bonds is 4. The maximum Gasteiger partial charge on any atom is 0.355 e. The summed E-state index contributed by atoms with van der Waals surface area (Å²) in [5.74, 6) is 0.212. The Bertz CT molecular complexity index is 1220. The number of ether oxygens (including phenoxy) is 2. The molecule has 168 valence electrons. The van der Waals surface area contributed by atoms with Crippen LogP contribution in [0.15, 0.2) is 21.5 Å². The van der Waals surface area contributed by atoms with Crippen molar-refractivity contribution in [1.82, 2.24) is 14.5 Å². The fourth-order valence-electron chi connectivity index (χ4n) is 4.79. The molecule has 5 rings (SSSR count). The van der Waals surface area contributed by atoms with Crippen LogP contribution in [0.3, 0.4) is 0 Å². The third-order valence-electron chi connectivity index (χ3n) is 6.27. The Morgan fingerprint density at radius 3 is 2.69 bits per heavy atom. The predicted molar refractivity (Wildman–Crippen MR) is 116 cm³/mol. The topological polar surface area (TPSA) is 131 Å².